The summed E-state index contributed by atoms with van der Waals surface area (Å²) in [6.07, 6.45) is 13.6. The molecular formula is C26H32O2. The molecule has 1 aromatic carbocycles. The van der Waals surface area contributed by atoms with Crippen molar-refractivity contribution in [3.8, 4) is 0 Å². The maximum Gasteiger partial charge on any atom is 0.139 e. The van der Waals surface area contributed by atoms with E-state index in [0.717, 1.165) is 57.0 Å². The average molecular weight is 377 g/mol. The van der Waals surface area contributed by atoms with Gasteiger partial charge >= 0.3 is 0 Å². The van der Waals surface area contributed by atoms with Gasteiger partial charge in [-0.25, -0.2) is 0 Å². The Hall–Kier alpha value is -1.83. The molecule has 0 N–H and O–H groups in total. The van der Waals surface area contributed by atoms with Gasteiger partial charge in [-0.15, -0.1) is 0 Å². The summed E-state index contributed by atoms with van der Waals surface area (Å²) in [7, 11) is 0. The summed E-state index contributed by atoms with van der Waals surface area (Å²) in [5.74, 6) is 4.56. The quantitative estimate of drug-likeness (QED) is 0.656. The third kappa shape index (κ3) is 3.06. The van der Waals surface area contributed by atoms with Crippen LogP contribution in [0.2, 0.25) is 0 Å². The minimum Gasteiger partial charge on any atom is -0.498 e. The summed E-state index contributed by atoms with van der Waals surface area (Å²) in [6, 6.07) is 10.6. The van der Waals surface area contributed by atoms with Crippen LogP contribution in [0.15, 0.2) is 53.8 Å². The van der Waals surface area contributed by atoms with Crippen LogP contribution in [0, 0.1) is 29.1 Å². The van der Waals surface area contributed by atoms with Gasteiger partial charge in [0.15, 0.2) is 0 Å². The topological polar surface area (TPSA) is 26.3 Å². The highest BCUT2D eigenvalue weighted by Gasteiger charge is 2.55. The van der Waals surface area contributed by atoms with Gasteiger partial charge in [-0.3, -0.25) is 4.79 Å². The van der Waals surface area contributed by atoms with Gasteiger partial charge in [-0.2, -0.15) is 0 Å². The third-order valence-corrected chi connectivity index (χ3v) is 8.32. The standard InChI is InChI=1S/C26H32O2/c1-26-15-13-22-21-10-8-20(28-16-14-18-5-3-2-4-6-18)17-19(21)7-9-23(22)24(26)11-12-25(26)27/h2-7,17,21-24H,8-16H2,1H3/t21-,22+,23+,24-,26-/m0/s1. The fourth-order valence-electron chi connectivity index (χ4n) is 6.76. The van der Waals surface area contributed by atoms with Crippen molar-refractivity contribution in [2.45, 2.75) is 58.3 Å². The van der Waals surface area contributed by atoms with Gasteiger partial charge in [0.05, 0.1) is 12.4 Å². The van der Waals surface area contributed by atoms with Crippen LogP contribution in [0.4, 0.5) is 0 Å². The molecule has 2 heteroatoms. The van der Waals surface area contributed by atoms with Crippen molar-refractivity contribution in [1.29, 1.82) is 0 Å². The second kappa shape index (κ2) is 7.21. The zero-order chi connectivity index (χ0) is 19.1. The zero-order valence-corrected chi connectivity index (χ0v) is 17.0. The third-order valence-electron chi connectivity index (χ3n) is 8.32. The summed E-state index contributed by atoms with van der Waals surface area (Å²) < 4.78 is 6.15. The lowest BCUT2D eigenvalue weighted by molar-refractivity contribution is -0.130. The number of carbonyl (C=O) groups excluding carboxylic acids is 1. The van der Waals surface area contributed by atoms with Crippen molar-refractivity contribution in [3.05, 3.63) is 59.4 Å². The summed E-state index contributed by atoms with van der Waals surface area (Å²) >= 11 is 0. The molecule has 2 fully saturated rings. The molecule has 0 radical (unpaired) electrons. The summed E-state index contributed by atoms with van der Waals surface area (Å²) in [4.78, 5) is 12.5. The molecule has 0 saturated heterocycles. The number of hydrogen-bond donors (Lipinski definition) is 0. The van der Waals surface area contributed by atoms with Crippen LogP contribution in [0.3, 0.4) is 0 Å². The number of ketones is 1. The van der Waals surface area contributed by atoms with Crippen molar-refractivity contribution >= 4 is 5.78 Å². The molecule has 0 unspecified atom stereocenters. The number of ether oxygens (including phenoxy) is 1. The second-order valence-corrected chi connectivity index (χ2v) is 9.63. The van der Waals surface area contributed by atoms with E-state index in [1.54, 1.807) is 0 Å². The first-order chi connectivity index (χ1) is 13.6. The summed E-state index contributed by atoms with van der Waals surface area (Å²) in [5.41, 5.74) is 2.85. The highest BCUT2D eigenvalue weighted by molar-refractivity contribution is 5.87. The van der Waals surface area contributed by atoms with E-state index in [1.807, 2.05) is 0 Å². The van der Waals surface area contributed by atoms with Gasteiger partial charge in [0.1, 0.15) is 5.78 Å². The molecular weight excluding hydrogens is 344 g/mol. The fourth-order valence-corrected chi connectivity index (χ4v) is 6.76. The van der Waals surface area contributed by atoms with E-state index in [9.17, 15) is 4.79 Å². The molecule has 148 valence electrons. The van der Waals surface area contributed by atoms with E-state index in [1.165, 1.54) is 29.7 Å². The Morgan fingerprint density at radius 3 is 2.79 bits per heavy atom. The van der Waals surface area contributed by atoms with Crippen molar-refractivity contribution in [3.63, 3.8) is 0 Å². The Morgan fingerprint density at radius 2 is 1.93 bits per heavy atom. The van der Waals surface area contributed by atoms with Crippen LogP contribution in [0.1, 0.15) is 57.4 Å². The fraction of sp³-hybridized carbons (Fsp3) is 0.577. The molecule has 0 heterocycles. The van der Waals surface area contributed by atoms with E-state index in [-0.39, 0.29) is 5.41 Å². The maximum absolute atomic E-state index is 12.5. The molecule has 2 saturated carbocycles. The van der Waals surface area contributed by atoms with Crippen LogP contribution in [-0.4, -0.2) is 12.4 Å². The van der Waals surface area contributed by atoms with Crippen LogP contribution >= 0.6 is 0 Å². The van der Waals surface area contributed by atoms with Gasteiger partial charge in [0.2, 0.25) is 0 Å². The lowest BCUT2D eigenvalue weighted by Gasteiger charge is -2.50. The van der Waals surface area contributed by atoms with E-state index in [2.05, 4.69) is 49.4 Å². The van der Waals surface area contributed by atoms with Gasteiger partial charge in [-0.1, -0.05) is 43.3 Å². The first-order valence-corrected chi connectivity index (χ1v) is 11.3. The molecule has 0 amide bonds. The van der Waals surface area contributed by atoms with Crippen LogP contribution < -0.4 is 0 Å². The van der Waals surface area contributed by atoms with Gasteiger partial charge in [0, 0.05) is 24.7 Å². The molecule has 5 atom stereocenters. The predicted molar refractivity (Wildman–Crippen MR) is 112 cm³/mol. The molecule has 0 aliphatic heterocycles. The smallest absolute Gasteiger partial charge is 0.139 e. The number of fused-ring (bicyclic) bond motifs is 5. The van der Waals surface area contributed by atoms with E-state index in [0.29, 0.717) is 17.6 Å². The number of hydrogen-bond acceptors (Lipinski definition) is 2. The van der Waals surface area contributed by atoms with Gasteiger partial charge in [-0.05, 0) is 73.0 Å². The lowest BCUT2D eigenvalue weighted by atomic mass is 9.53. The Labute approximate surface area is 169 Å². The molecule has 2 nitrogen and oxygen atoms in total. The zero-order valence-electron chi connectivity index (χ0n) is 17.0. The predicted octanol–water partition coefficient (Wildman–Crippen LogP) is 5.88. The first kappa shape index (κ1) is 18.2. The van der Waals surface area contributed by atoms with E-state index >= 15 is 0 Å². The van der Waals surface area contributed by atoms with Crippen molar-refractivity contribution in [1.82, 2.24) is 0 Å². The van der Waals surface area contributed by atoms with Crippen LogP contribution in [0.25, 0.3) is 0 Å². The Morgan fingerprint density at radius 1 is 1.07 bits per heavy atom. The number of rotatable bonds is 4. The van der Waals surface area contributed by atoms with Crippen LogP contribution in [0.5, 0.6) is 0 Å². The molecule has 1 aromatic rings. The number of benzene rings is 1. The Balaban J connectivity index is 1.26. The molecule has 0 aromatic heterocycles. The molecule has 4 aliphatic carbocycles. The largest absolute Gasteiger partial charge is 0.498 e. The SMILES string of the molecule is C[C@]12CC[C@H]3[C@@H](CC=C4C=C(OCCc5ccccc5)CC[C@@H]43)[C@@H]1CCC2=O. The minimum atomic E-state index is -0.0112. The molecule has 5 rings (SSSR count). The van der Waals surface area contributed by atoms with Crippen LogP contribution in [-0.2, 0) is 16.0 Å². The molecule has 4 aliphatic rings. The monoisotopic (exact) mass is 376 g/mol. The summed E-state index contributed by atoms with van der Waals surface area (Å²) in [5, 5.41) is 0. The molecule has 28 heavy (non-hydrogen) atoms. The Kier molecular flexibility index (Phi) is 4.69. The lowest BCUT2D eigenvalue weighted by Crippen LogP contribution is -2.45. The van der Waals surface area contributed by atoms with E-state index < -0.39 is 0 Å². The first-order valence-electron chi connectivity index (χ1n) is 11.3. The highest BCUT2D eigenvalue weighted by Crippen LogP contribution is 2.59. The number of allylic oxidation sites excluding steroid dienone is 4. The van der Waals surface area contributed by atoms with Crippen molar-refractivity contribution in [2.75, 3.05) is 6.61 Å². The Bertz CT molecular complexity index is 805. The van der Waals surface area contributed by atoms with Crippen molar-refractivity contribution in [2.24, 2.45) is 29.1 Å². The average Bonchev–Trinajstić information content (AvgIpc) is 3.03. The maximum atomic E-state index is 12.5. The highest BCUT2D eigenvalue weighted by atomic mass is 16.5. The molecule has 0 spiro atoms. The second-order valence-electron chi connectivity index (χ2n) is 9.63. The number of Topliss-reactive ketones (excluding diaryl/α,β-unsaturated/α-hetero) is 1. The minimum absolute atomic E-state index is 0.0112. The van der Waals surface area contributed by atoms with Gasteiger partial charge in [0.25, 0.3) is 0 Å². The molecule has 0 bridgehead atoms. The summed E-state index contributed by atoms with van der Waals surface area (Å²) in [6.45, 7) is 3.03. The van der Waals surface area contributed by atoms with Crippen molar-refractivity contribution < 1.29 is 9.53 Å². The van der Waals surface area contributed by atoms with E-state index in [4.69, 9.17) is 4.74 Å². The number of carbonyl (C=O) groups is 1. The van der Waals surface area contributed by atoms with Gasteiger partial charge < -0.3 is 4.74 Å². The normalized spacial score (nSPS) is 36.7.